The Morgan fingerprint density at radius 2 is 2.04 bits per heavy atom. The van der Waals surface area contributed by atoms with Crippen molar-refractivity contribution in [2.24, 2.45) is 5.41 Å². The van der Waals surface area contributed by atoms with Gasteiger partial charge >= 0.3 is 0 Å². The number of nitrogens with one attached hydrogen (secondary N) is 1. The Bertz CT molecular complexity index is 1120. The van der Waals surface area contributed by atoms with E-state index in [1.54, 1.807) is 0 Å². The van der Waals surface area contributed by atoms with E-state index in [-0.39, 0.29) is 16.6 Å². The lowest BCUT2D eigenvalue weighted by Crippen LogP contribution is -2.32. The molecule has 0 amide bonds. The summed E-state index contributed by atoms with van der Waals surface area (Å²) >= 11 is 1.39. The zero-order valence-corrected chi connectivity index (χ0v) is 17.5. The van der Waals surface area contributed by atoms with Crippen molar-refractivity contribution in [3.8, 4) is 0 Å². The number of thioether (sulfide) groups is 1. The van der Waals surface area contributed by atoms with Gasteiger partial charge in [0.25, 0.3) is 0 Å². The second-order valence-electron chi connectivity index (χ2n) is 8.86. The number of Topliss-reactive ketones (excluding diaryl/α,β-unsaturated/α-hetero) is 1. The number of ketones is 1. The predicted octanol–water partition coefficient (Wildman–Crippen LogP) is 4.81. The molecule has 2 aromatic heterocycles. The molecule has 1 N–H and O–H groups in total. The number of H-pyrrole nitrogens is 1. The van der Waals surface area contributed by atoms with Gasteiger partial charge in [0.15, 0.2) is 5.78 Å². The summed E-state index contributed by atoms with van der Waals surface area (Å²) in [6.45, 7) is 8.90. The Balaban J connectivity index is 1.40. The predicted molar refractivity (Wildman–Crippen MR) is 111 cm³/mol. The molecule has 144 valence electrons. The van der Waals surface area contributed by atoms with Crippen molar-refractivity contribution in [3.63, 3.8) is 0 Å². The van der Waals surface area contributed by atoms with E-state index in [1.807, 2.05) is 31.2 Å². The van der Waals surface area contributed by atoms with Crippen LogP contribution in [0.2, 0.25) is 0 Å². The van der Waals surface area contributed by atoms with Crippen molar-refractivity contribution < 1.29 is 4.79 Å². The number of carbonyl (C=O) groups is 1. The number of fused-ring (bicyclic) bond motifs is 6. The molecule has 2 bridgehead atoms. The molecular weight excluding hydrogens is 368 g/mol. The highest BCUT2D eigenvalue weighted by molar-refractivity contribution is 7.99. The van der Waals surface area contributed by atoms with E-state index in [0.29, 0.717) is 16.8 Å². The van der Waals surface area contributed by atoms with Crippen molar-refractivity contribution in [2.75, 3.05) is 5.75 Å². The normalized spacial score (nSPS) is 24.6. The average Bonchev–Trinajstić information content (AvgIpc) is 3.18. The molecule has 5 rings (SSSR count). The molecule has 0 saturated heterocycles. The van der Waals surface area contributed by atoms with Crippen LogP contribution in [0.1, 0.15) is 67.0 Å². The van der Waals surface area contributed by atoms with Crippen LogP contribution < -0.4 is 0 Å². The number of nitrogens with zero attached hydrogens (tertiary/aromatic N) is 3. The van der Waals surface area contributed by atoms with Crippen molar-refractivity contribution >= 4 is 28.4 Å². The molecule has 0 radical (unpaired) electrons. The zero-order valence-electron chi connectivity index (χ0n) is 16.7. The summed E-state index contributed by atoms with van der Waals surface area (Å²) in [6, 6.07) is 7.92. The van der Waals surface area contributed by atoms with Crippen LogP contribution in [-0.2, 0) is 5.41 Å². The van der Waals surface area contributed by atoms with Crippen LogP contribution in [0, 0.1) is 12.3 Å². The van der Waals surface area contributed by atoms with Gasteiger partial charge in [0.2, 0.25) is 5.16 Å². The number of aryl methyl sites for hydroxylation is 1. The average molecular weight is 393 g/mol. The Morgan fingerprint density at radius 3 is 2.86 bits per heavy atom. The third-order valence-electron chi connectivity index (χ3n) is 7.28. The minimum absolute atomic E-state index is 0.0513. The summed E-state index contributed by atoms with van der Waals surface area (Å²) in [6.07, 6.45) is 2.31. The van der Waals surface area contributed by atoms with Crippen LogP contribution >= 0.6 is 11.8 Å². The third-order valence-corrected chi connectivity index (χ3v) is 8.11. The molecule has 1 fully saturated rings. The molecule has 2 atom stereocenters. The van der Waals surface area contributed by atoms with Gasteiger partial charge in [0, 0.05) is 33.5 Å². The fourth-order valence-corrected chi connectivity index (χ4v) is 5.92. The molecule has 2 aliphatic rings. The first-order valence-electron chi connectivity index (χ1n) is 9.81. The summed E-state index contributed by atoms with van der Waals surface area (Å²) in [5.74, 6) is 0.853. The van der Waals surface area contributed by atoms with Crippen LogP contribution in [0.3, 0.4) is 0 Å². The molecule has 5 nitrogen and oxygen atoms in total. The Labute approximate surface area is 168 Å². The van der Waals surface area contributed by atoms with E-state index in [0.717, 1.165) is 46.4 Å². The van der Waals surface area contributed by atoms with Crippen LogP contribution in [0.25, 0.3) is 10.9 Å². The Kier molecular flexibility index (Phi) is 3.76. The van der Waals surface area contributed by atoms with Crippen molar-refractivity contribution in [2.45, 2.75) is 57.0 Å². The van der Waals surface area contributed by atoms with E-state index in [1.165, 1.54) is 11.8 Å². The monoisotopic (exact) mass is 392 g/mol. The molecule has 1 aromatic carbocycles. The van der Waals surface area contributed by atoms with Gasteiger partial charge in [0.1, 0.15) is 0 Å². The lowest BCUT2D eigenvalue weighted by atomic mass is 9.70. The van der Waals surface area contributed by atoms with E-state index in [4.69, 9.17) is 4.98 Å². The molecule has 0 aliphatic heterocycles. The summed E-state index contributed by atoms with van der Waals surface area (Å²) in [7, 11) is 0. The lowest BCUT2D eigenvalue weighted by Gasteiger charge is -2.33. The van der Waals surface area contributed by atoms with Crippen LogP contribution in [0.4, 0.5) is 0 Å². The molecular formula is C22H24N4OS. The number of carbonyl (C=O) groups excluding carboxylic acids is 1. The fraction of sp³-hybridized carbons (Fsp3) is 0.455. The topological polar surface area (TPSA) is 71.5 Å². The summed E-state index contributed by atoms with van der Waals surface area (Å²) in [4.78, 5) is 21.1. The smallest absolute Gasteiger partial charge is 0.209 e. The first kappa shape index (κ1) is 17.9. The van der Waals surface area contributed by atoms with Crippen LogP contribution in [0.5, 0.6) is 0 Å². The van der Waals surface area contributed by atoms with Gasteiger partial charge in [-0.25, -0.2) is 4.98 Å². The van der Waals surface area contributed by atoms with Crippen LogP contribution in [-0.4, -0.2) is 31.7 Å². The van der Waals surface area contributed by atoms with Crippen molar-refractivity contribution in [3.05, 3.63) is 46.9 Å². The highest BCUT2D eigenvalue weighted by Gasteiger charge is 2.61. The maximum Gasteiger partial charge on any atom is 0.209 e. The standard InChI is InChI=1S/C22H24N4OS/c1-12-17(13-7-5-6-8-15(13)23-12)16(27)11-28-20-24-19-18(25-26-20)14-9-10-22(19,4)21(14,2)3/h5-8,14,23H,9-11H2,1-4H3/t14-,22+/m1/s1. The van der Waals surface area contributed by atoms with E-state index < -0.39 is 0 Å². The molecule has 3 aromatic rings. The zero-order chi connectivity index (χ0) is 19.7. The first-order valence-corrected chi connectivity index (χ1v) is 10.8. The van der Waals surface area contributed by atoms with Gasteiger partial charge in [-0.05, 0) is 31.2 Å². The molecule has 0 spiro atoms. The SMILES string of the molecule is Cc1[nH]c2ccccc2c1C(=O)CSc1nnc2c(n1)[C@]1(C)CC[C@H]2C1(C)C. The van der Waals surface area contributed by atoms with Gasteiger partial charge in [-0.1, -0.05) is 50.7 Å². The van der Waals surface area contributed by atoms with Crippen molar-refractivity contribution in [1.82, 2.24) is 20.2 Å². The summed E-state index contributed by atoms with van der Waals surface area (Å²) < 4.78 is 0. The third kappa shape index (κ3) is 2.27. The fourth-order valence-electron chi connectivity index (χ4n) is 5.26. The minimum Gasteiger partial charge on any atom is -0.358 e. The number of hydrogen-bond donors (Lipinski definition) is 1. The first-order chi connectivity index (χ1) is 13.3. The lowest BCUT2D eigenvalue weighted by molar-refractivity contribution is 0.102. The second kappa shape index (κ2) is 5.89. The van der Waals surface area contributed by atoms with Gasteiger partial charge in [-0.2, -0.15) is 5.10 Å². The van der Waals surface area contributed by atoms with Crippen LogP contribution in [0.15, 0.2) is 29.4 Å². The van der Waals surface area contributed by atoms with Gasteiger partial charge in [0.05, 0.1) is 17.1 Å². The maximum atomic E-state index is 12.9. The quantitative estimate of drug-likeness (QED) is 0.509. The highest BCUT2D eigenvalue weighted by Crippen LogP contribution is 2.66. The maximum absolute atomic E-state index is 12.9. The Hall–Kier alpha value is -2.21. The highest BCUT2D eigenvalue weighted by atomic mass is 32.2. The molecule has 28 heavy (non-hydrogen) atoms. The number of rotatable bonds is 4. The largest absolute Gasteiger partial charge is 0.358 e. The Morgan fingerprint density at radius 1 is 1.25 bits per heavy atom. The van der Waals surface area contributed by atoms with E-state index >= 15 is 0 Å². The van der Waals surface area contributed by atoms with Gasteiger partial charge < -0.3 is 4.98 Å². The number of para-hydroxylation sites is 1. The molecule has 6 heteroatoms. The number of aromatic amines is 1. The number of hydrogen-bond acceptors (Lipinski definition) is 5. The summed E-state index contributed by atoms with van der Waals surface area (Å²) in [5, 5.41) is 10.5. The molecule has 1 saturated carbocycles. The van der Waals surface area contributed by atoms with Gasteiger partial charge in [-0.3, -0.25) is 4.79 Å². The number of benzene rings is 1. The minimum atomic E-state index is 0.0513. The van der Waals surface area contributed by atoms with Gasteiger partial charge in [-0.15, -0.1) is 5.10 Å². The molecule has 0 unspecified atom stereocenters. The van der Waals surface area contributed by atoms with E-state index in [2.05, 4.69) is 36.0 Å². The second-order valence-corrected chi connectivity index (χ2v) is 9.80. The molecule has 2 aliphatic carbocycles. The molecule has 2 heterocycles. The number of aromatic nitrogens is 4. The van der Waals surface area contributed by atoms with E-state index in [9.17, 15) is 4.79 Å². The van der Waals surface area contributed by atoms with Crippen molar-refractivity contribution in [1.29, 1.82) is 0 Å². The summed E-state index contributed by atoms with van der Waals surface area (Å²) in [5.41, 5.74) is 5.06.